The maximum atomic E-state index is 5.84. The summed E-state index contributed by atoms with van der Waals surface area (Å²) in [5, 5.41) is 0.608. The van der Waals surface area contributed by atoms with Crippen LogP contribution in [-0.4, -0.2) is 9.97 Å². The van der Waals surface area contributed by atoms with Crippen LogP contribution in [0.25, 0.3) is 0 Å². The average Bonchev–Trinajstić information content (AvgIpc) is 2.15. The topological polar surface area (TPSA) is 61.0 Å². The van der Waals surface area contributed by atoms with Gasteiger partial charge < -0.3 is 10.5 Å². The van der Waals surface area contributed by atoms with Gasteiger partial charge in [-0.1, -0.05) is 17.7 Å². The van der Waals surface area contributed by atoms with Crippen LogP contribution in [0.4, 0.5) is 5.95 Å². The van der Waals surface area contributed by atoms with Crippen molar-refractivity contribution in [2.24, 2.45) is 0 Å². The van der Waals surface area contributed by atoms with Crippen LogP contribution in [0.1, 0.15) is 5.69 Å². The molecule has 0 aliphatic heterocycles. The van der Waals surface area contributed by atoms with Crippen molar-refractivity contribution in [1.29, 1.82) is 0 Å². The van der Waals surface area contributed by atoms with Gasteiger partial charge in [-0.05, 0) is 25.1 Å². The molecular weight excluding hydrogens is 226 g/mol. The number of hydrogen-bond acceptors (Lipinski definition) is 4. The van der Waals surface area contributed by atoms with Gasteiger partial charge in [0.05, 0.1) is 0 Å². The van der Waals surface area contributed by atoms with Crippen molar-refractivity contribution < 1.29 is 4.74 Å². The van der Waals surface area contributed by atoms with E-state index in [1.54, 1.807) is 30.3 Å². The zero-order valence-electron chi connectivity index (χ0n) is 8.64. The largest absolute Gasteiger partial charge is 0.439 e. The number of nitrogens with zero attached hydrogens (tertiary/aromatic N) is 2. The zero-order chi connectivity index (χ0) is 11.5. The molecule has 2 aromatic rings. The van der Waals surface area contributed by atoms with Gasteiger partial charge in [-0.3, -0.25) is 0 Å². The molecule has 0 bridgehead atoms. The van der Waals surface area contributed by atoms with Crippen LogP contribution >= 0.6 is 11.6 Å². The fourth-order valence-corrected chi connectivity index (χ4v) is 1.45. The van der Waals surface area contributed by atoms with E-state index in [1.165, 1.54) is 0 Å². The number of nitrogen functional groups attached to an aromatic ring is 1. The first-order valence-electron chi connectivity index (χ1n) is 4.68. The second-order valence-corrected chi connectivity index (χ2v) is 3.70. The highest BCUT2D eigenvalue weighted by atomic mass is 35.5. The minimum absolute atomic E-state index is 0.192. The van der Waals surface area contributed by atoms with E-state index in [1.807, 2.05) is 6.92 Å². The molecule has 16 heavy (non-hydrogen) atoms. The maximum Gasteiger partial charge on any atom is 0.224 e. The Bertz CT molecular complexity index is 496. The highest BCUT2D eigenvalue weighted by molar-refractivity contribution is 6.30. The normalized spacial score (nSPS) is 10.1. The summed E-state index contributed by atoms with van der Waals surface area (Å²) < 4.78 is 5.51. The zero-order valence-corrected chi connectivity index (χ0v) is 9.40. The van der Waals surface area contributed by atoms with Gasteiger partial charge in [0.1, 0.15) is 5.75 Å². The summed E-state index contributed by atoms with van der Waals surface area (Å²) in [6.45, 7) is 1.82. The van der Waals surface area contributed by atoms with Gasteiger partial charge in [0, 0.05) is 16.8 Å². The van der Waals surface area contributed by atoms with E-state index in [0.717, 1.165) is 5.69 Å². The first-order valence-corrected chi connectivity index (χ1v) is 5.06. The van der Waals surface area contributed by atoms with Gasteiger partial charge >= 0.3 is 0 Å². The van der Waals surface area contributed by atoms with Crippen molar-refractivity contribution in [2.45, 2.75) is 6.92 Å². The number of benzene rings is 1. The first-order chi connectivity index (χ1) is 7.63. The van der Waals surface area contributed by atoms with Crippen molar-refractivity contribution in [3.05, 3.63) is 41.0 Å². The van der Waals surface area contributed by atoms with Crippen molar-refractivity contribution in [2.75, 3.05) is 5.73 Å². The number of hydrogen-bond donors (Lipinski definition) is 1. The lowest BCUT2D eigenvalue weighted by Crippen LogP contribution is -1.98. The Hall–Kier alpha value is -1.81. The standard InChI is InChI=1S/C11H10ClN3O/c1-7-5-10(15-11(13)14-7)16-9-4-2-3-8(12)6-9/h2-6H,1H3,(H2,13,14,15). The van der Waals surface area contributed by atoms with Crippen LogP contribution < -0.4 is 10.5 Å². The second kappa shape index (κ2) is 4.37. The van der Waals surface area contributed by atoms with Gasteiger partial charge in [-0.25, -0.2) is 4.98 Å². The molecule has 0 spiro atoms. The molecular formula is C11H10ClN3O. The van der Waals surface area contributed by atoms with Crippen molar-refractivity contribution in [3.8, 4) is 11.6 Å². The maximum absolute atomic E-state index is 5.84. The minimum Gasteiger partial charge on any atom is -0.439 e. The number of anilines is 1. The van der Waals surface area contributed by atoms with Crippen molar-refractivity contribution in [1.82, 2.24) is 9.97 Å². The molecule has 1 aromatic carbocycles. The first kappa shape index (κ1) is 10.7. The van der Waals surface area contributed by atoms with E-state index in [2.05, 4.69) is 9.97 Å². The average molecular weight is 236 g/mol. The fourth-order valence-electron chi connectivity index (χ4n) is 1.27. The van der Waals surface area contributed by atoms with Crippen LogP contribution in [0.2, 0.25) is 5.02 Å². The van der Waals surface area contributed by atoms with Gasteiger partial charge in [-0.2, -0.15) is 4.98 Å². The molecule has 0 aliphatic carbocycles. The smallest absolute Gasteiger partial charge is 0.224 e. The number of nitrogens with two attached hydrogens (primary N) is 1. The highest BCUT2D eigenvalue weighted by Gasteiger charge is 2.02. The molecule has 82 valence electrons. The summed E-state index contributed by atoms with van der Waals surface area (Å²) in [5.41, 5.74) is 6.27. The molecule has 0 atom stereocenters. The van der Waals surface area contributed by atoms with Crippen LogP contribution in [-0.2, 0) is 0 Å². The number of halogens is 1. The molecule has 2 N–H and O–H groups in total. The Morgan fingerprint density at radius 2 is 2.06 bits per heavy atom. The highest BCUT2D eigenvalue weighted by Crippen LogP contribution is 2.23. The number of aryl methyl sites for hydroxylation is 1. The van der Waals surface area contributed by atoms with E-state index in [4.69, 9.17) is 22.1 Å². The van der Waals surface area contributed by atoms with Gasteiger partial charge in [0.25, 0.3) is 0 Å². The Morgan fingerprint density at radius 1 is 1.25 bits per heavy atom. The molecule has 1 heterocycles. The monoisotopic (exact) mass is 235 g/mol. The van der Waals surface area contributed by atoms with Gasteiger partial charge in [0.2, 0.25) is 11.8 Å². The minimum atomic E-state index is 0.192. The van der Waals surface area contributed by atoms with Crippen LogP contribution in [0.5, 0.6) is 11.6 Å². The third kappa shape index (κ3) is 2.61. The molecule has 2 rings (SSSR count). The molecule has 0 aliphatic rings. The van der Waals surface area contributed by atoms with Crippen molar-refractivity contribution in [3.63, 3.8) is 0 Å². The predicted molar refractivity (Wildman–Crippen MR) is 62.7 cm³/mol. The molecule has 1 aromatic heterocycles. The molecule has 0 amide bonds. The summed E-state index contributed by atoms with van der Waals surface area (Å²) in [4.78, 5) is 7.91. The van der Waals surface area contributed by atoms with E-state index in [0.29, 0.717) is 16.7 Å². The third-order valence-electron chi connectivity index (χ3n) is 1.87. The molecule has 5 heteroatoms. The number of rotatable bonds is 2. The fraction of sp³-hybridized carbons (Fsp3) is 0.0909. The Kier molecular flexibility index (Phi) is 2.92. The van der Waals surface area contributed by atoms with Gasteiger partial charge in [0.15, 0.2) is 0 Å². The lowest BCUT2D eigenvalue weighted by molar-refractivity contribution is 0.462. The Labute approximate surface area is 98.0 Å². The third-order valence-corrected chi connectivity index (χ3v) is 2.10. The van der Waals surface area contributed by atoms with E-state index in [9.17, 15) is 0 Å². The second-order valence-electron chi connectivity index (χ2n) is 3.27. The summed E-state index contributed by atoms with van der Waals surface area (Å²) in [6, 6.07) is 8.77. The van der Waals surface area contributed by atoms with E-state index >= 15 is 0 Å². The van der Waals surface area contributed by atoms with Gasteiger partial charge in [-0.15, -0.1) is 0 Å². The van der Waals surface area contributed by atoms with E-state index in [-0.39, 0.29) is 5.95 Å². The Morgan fingerprint density at radius 3 is 2.75 bits per heavy atom. The Balaban J connectivity index is 2.27. The summed E-state index contributed by atoms with van der Waals surface area (Å²) in [5.74, 6) is 1.22. The molecule has 0 unspecified atom stereocenters. The molecule has 0 saturated heterocycles. The summed E-state index contributed by atoms with van der Waals surface area (Å²) >= 11 is 5.84. The van der Waals surface area contributed by atoms with Crippen molar-refractivity contribution >= 4 is 17.5 Å². The lowest BCUT2D eigenvalue weighted by atomic mass is 10.3. The molecule has 0 radical (unpaired) electrons. The number of aromatic nitrogens is 2. The van der Waals surface area contributed by atoms with Crippen LogP contribution in [0.3, 0.4) is 0 Å². The van der Waals surface area contributed by atoms with Crippen LogP contribution in [0, 0.1) is 6.92 Å². The SMILES string of the molecule is Cc1cc(Oc2cccc(Cl)c2)nc(N)n1. The summed E-state index contributed by atoms with van der Waals surface area (Å²) in [6.07, 6.45) is 0. The van der Waals surface area contributed by atoms with Crippen LogP contribution in [0.15, 0.2) is 30.3 Å². The number of ether oxygens (including phenoxy) is 1. The summed E-state index contributed by atoms with van der Waals surface area (Å²) in [7, 11) is 0. The predicted octanol–water partition coefficient (Wildman–Crippen LogP) is 2.81. The molecule has 0 saturated carbocycles. The molecule has 4 nitrogen and oxygen atoms in total. The van der Waals surface area contributed by atoms with E-state index < -0.39 is 0 Å². The molecule has 0 fully saturated rings. The lowest BCUT2D eigenvalue weighted by Gasteiger charge is -2.05. The quantitative estimate of drug-likeness (QED) is 0.870.